The Balaban J connectivity index is 2.74. The Morgan fingerprint density at radius 2 is 2.00 bits per heavy atom. The number of hydrogen-bond donors (Lipinski definition) is 1. The van der Waals surface area contributed by atoms with Crippen LogP contribution in [0.15, 0.2) is 34.9 Å². The quantitative estimate of drug-likeness (QED) is 0.647. The molecule has 0 aromatic rings. The van der Waals surface area contributed by atoms with Crippen molar-refractivity contribution in [2.45, 2.75) is 79.2 Å². The predicted octanol–water partition coefficient (Wildman–Crippen LogP) is 5.81. The molecule has 0 heterocycles. The Morgan fingerprint density at radius 3 is 2.67 bits per heavy atom. The molecule has 0 aromatic heterocycles. The van der Waals surface area contributed by atoms with Gasteiger partial charge in [-0.3, -0.25) is 0 Å². The highest BCUT2D eigenvalue weighted by atomic mass is 16.3. The second-order valence-corrected chi connectivity index (χ2v) is 7.13. The number of allylic oxidation sites excluding steroid dienone is 5. The lowest BCUT2D eigenvalue weighted by molar-refractivity contribution is 0.106. The average Bonchev–Trinajstić information content (AvgIpc) is 2.37. The van der Waals surface area contributed by atoms with Gasteiger partial charge in [0, 0.05) is 0 Å². The average molecular weight is 290 g/mol. The molecule has 21 heavy (non-hydrogen) atoms. The second-order valence-electron chi connectivity index (χ2n) is 7.13. The van der Waals surface area contributed by atoms with Gasteiger partial charge in [0.15, 0.2) is 0 Å². The topological polar surface area (TPSA) is 20.2 Å². The van der Waals surface area contributed by atoms with Crippen molar-refractivity contribution in [3.8, 4) is 0 Å². The fourth-order valence-corrected chi connectivity index (χ4v) is 3.18. The molecule has 120 valence electrons. The summed E-state index contributed by atoms with van der Waals surface area (Å²) in [6.07, 6.45) is 13.2. The van der Waals surface area contributed by atoms with Gasteiger partial charge in [0.2, 0.25) is 0 Å². The Bertz CT molecular complexity index is 396. The molecule has 0 unspecified atom stereocenters. The summed E-state index contributed by atoms with van der Waals surface area (Å²) in [5.74, 6) is 0.943. The van der Waals surface area contributed by atoms with E-state index < -0.39 is 0 Å². The Labute approximate surface area is 131 Å². The van der Waals surface area contributed by atoms with Gasteiger partial charge in [0.1, 0.15) is 0 Å². The second kappa shape index (κ2) is 9.25. The molecule has 0 radical (unpaired) electrons. The first-order valence-corrected chi connectivity index (χ1v) is 8.54. The molecule has 0 fully saturated rings. The molecule has 0 amide bonds. The van der Waals surface area contributed by atoms with E-state index in [1.807, 2.05) is 0 Å². The van der Waals surface area contributed by atoms with Gasteiger partial charge in [-0.1, -0.05) is 41.9 Å². The highest BCUT2D eigenvalue weighted by Crippen LogP contribution is 2.30. The summed E-state index contributed by atoms with van der Waals surface area (Å²) in [5.41, 5.74) is 4.21. The third-order valence-corrected chi connectivity index (χ3v) is 4.70. The zero-order chi connectivity index (χ0) is 15.8. The van der Waals surface area contributed by atoms with Crippen LogP contribution in [-0.2, 0) is 0 Å². The summed E-state index contributed by atoms with van der Waals surface area (Å²) in [7, 11) is 0. The van der Waals surface area contributed by atoms with E-state index in [9.17, 15) is 5.11 Å². The van der Waals surface area contributed by atoms with Gasteiger partial charge in [-0.15, -0.1) is 0 Å². The number of aliphatic hydroxyl groups is 1. The van der Waals surface area contributed by atoms with Crippen molar-refractivity contribution >= 4 is 0 Å². The Hall–Kier alpha value is -0.820. The molecule has 0 saturated carbocycles. The van der Waals surface area contributed by atoms with Gasteiger partial charge >= 0.3 is 0 Å². The minimum absolute atomic E-state index is 0.280. The largest absolute Gasteiger partial charge is 0.389 e. The number of hydrogen-bond acceptors (Lipinski definition) is 1. The van der Waals surface area contributed by atoms with Gasteiger partial charge in [0.25, 0.3) is 0 Å². The van der Waals surface area contributed by atoms with E-state index in [4.69, 9.17) is 0 Å². The fraction of sp³-hybridized carbons (Fsp3) is 0.700. The number of aliphatic hydroxyl groups excluding tert-OH is 1. The lowest BCUT2D eigenvalue weighted by atomic mass is 9.80. The Kier molecular flexibility index (Phi) is 8.03. The van der Waals surface area contributed by atoms with Gasteiger partial charge in [0.05, 0.1) is 6.10 Å². The normalized spacial score (nSPS) is 30.6. The van der Waals surface area contributed by atoms with Crippen molar-refractivity contribution in [2.75, 3.05) is 0 Å². The van der Waals surface area contributed by atoms with Crippen molar-refractivity contribution in [1.82, 2.24) is 0 Å². The van der Waals surface area contributed by atoms with Gasteiger partial charge < -0.3 is 5.11 Å². The molecular formula is C20H34O. The highest BCUT2D eigenvalue weighted by molar-refractivity contribution is 5.09. The van der Waals surface area contributed by atoms with Crippen LogP contribution in [0.25, 0.3) is 0 Å². The third kappa shape index (κ3) is 7.13. The van der Waals surface area contributed by atoms with Crippen molar-refractivity contribution in [3.05, 3.63) is 34.9 Å². The molecule has 0 bridgehead atoms. The maximum atomic E-state index is 10.6. The molecule has 0 saturated heterocycles. The van der Waals surface area contributed by atoms with Crippen LogP contribution < -0.4 is 0 Å². The molecule has 1 heteroatoms. The first kappa shape index (κ1) is 18.2. The molecule has 1 aliphatic rings. The van der Waals surface area contributed by atoms with Crippen LogP contribution in [0.3, 0.4) is 0 Å². The van der Waals surface area contributed by atoms with E-state index in [2.05, 4.69) is 52.8 Å². The maximum Gasteiger partial charge on any atom is 0.0754 e. The van der Waals surface area contributed by atoms with E-state index in [0.717, 1.165) is 32.1 Å². The molecule has 1 nitrogen and oxygen atoms in total. The highest BCUT2D eigenvalue weighted by Gasteiger charge is 2.23. The molecule has 0 aliphatic heterocycles. The minimum Gasteiger partial charge on any atom is -0.389 e. The van der Waals surface area contributed by atoms with Crippen LogP contribution in [-0.4, -0.2) is 11.2 Å². The molecule has 1 aliphatic carbocycles. The summed E-state index contributed by atoms with van der Waals surface area (Å²) < 4.78 is 0. The summed E-state index contributed by atoms with van der Waals surface area (Å²) >= 11 is 0. The van der Waals surface area contributed by atoms with Crippen LogP contribution in [0.4, 0.5) is 0 Å². The van der Waals surface area contributed by atoms with E-state index in [0.29, 0.717) is 11.8 Å². The van der Waals surface area contributed by atoms with Crippen molar-refractivity contribution in [1.29, 1.82) is 0 Å². The zero-order valence-electron chi connectivity index (χ0n) is 14.7. The summed E-state index contributed by atoms with van der Waals surface area (Å²) in [4.78, 5) is 0. The minimum atomic E-state index is -0.280. The van der Waals surface area contributed by atoms with Gasteiger partial charge in [-0.25, -0.2) is 0 Å². The van der Waals surface area contributed by atoms with E-state index in [1.165, 1.54) is 23.1 Å². The maximum absolute atomic E-state index is 10.6. The van der Waals surface area contributed by atoms with Crippen LogP contribution in [0, 0.1) is 11.8 Å². The van der Waals surface area contributed by atoms with Gasteiger partial charge in [-0.05, 0) is 78.1 Å². The monoisotopic (exact) mass is 290 g/mol. The molecular weight excluding hydrogens is 256 g/mol. The molecule has 3 atom stereocenters. The van der Waals surface area contributed by atoms with Crippen molar-refractivity contribution in [3.63, 3.8) is 0 Å². The third-order valence-electron chi connectivity index (χ3n) is 4.70. The smallest absolute Gasteiger partial charge is 0.0754 e. The van der Waals surface area contributed by atoms with Crippen LogP contribution in [0.1, 0.15) is 73.1 Å². The SMILES string of the molecule is CC(C)=CCC[C@@H](C)[C@@H]1CC/C(C)=C/CC/C(C)=C/[C@H]1O. The summed E-state index contributed by atoms with van der Waals surface area (Å²) in [6.45, 7) is 11.0. The first-order valence-electron chi connectivity index (χ1n) is 8.54. The molecule has 0 spiro atoms. The van der Waals surface area contributed by atoms with Crippen LogP contribution in [0.2, 0.25) is 0 Å². The first-order chi connectivity index (χ1) is 9.90. The lowest BCUT2D eigenvalue weighted by Gasteiger charge is -2.28. The van der Waals surface area contributed by atoms with Gasteiger partial charge in [-0.2, -0.15) is 0 Å². The molecule has 0 aromatic carbocycles. The fourth-order valence-electron chi connectivity index (χ4n) is 3.18. The van der Waals surface area contributed by atoms with Crippen LogP contribution >= 0.6 is 0 Å². The molecule has 1 rings (SSSR count). The molecule has 1 N–H and O–H groups in total. The Morgan fingerprint density at radius 1 is 1.29 bits per heavy atom. The summed E-state index contributed by atoms with van der Waals surface area (Å²) in [6, 6.07) is 0. The van der Waals surface area contributed by atoms with Crippen LogP contribution in [0.5, 0.6) is 0 Å². The number of rotatable bonds is 4. The predicted molar refractivity (Wildman–Crippen MR) is 93.3 cm³/mol. The zero-order valence-corrected chi connectivity index (χ0v) is 14.7. The standard InChI is InChI=1S/C20H34O/c1-15(2)8-6-11-18(5)19-13-12-16(3)9-7-10-17(4)14-20(19)21/h8-9,14,18-21H,6-7,10-13H2,1-5H3/b16-9+,17-14+/t18-,19+,20-/m1/s1. The van der Waals surface area contributed by atoms with Crippen molar-refractivity contribution in [2.24, 2.45) is 11.8 Å². The van der Waals surface area contributed by atoms with E-state index >= 15 is 0 Å². The van der Waals surface area contributed by atoms with E-state index in [-0.39, 0.29) is 6.10 Å². The van der Waals surface area contributed by atoms with Crippen molar-refractivity contribution < 1.29 is 5.11 Å². The lowest BCUT2D eigenvalue weighted by Crippen LogP contribution is -2.25. The van der Waals surface area contributed by atoms with E-state index in [1.54, 1.807) is 0 Å². The summed E-state index contributed by atoms with van der Waals surface area (Å²) in [5, 5.41) is 10.6.